The number of rotatable bonds is 7. The summed E-state index contributed by atoms with van der Waals surface area (Å²) in [5.41, 5.74) is 1.76. The van der Waals surface area contributed by atoms with E-state index in [0.717, 1.165) is 17.8 Å². The molecule has 24 heavy (non-hydrogen) atoms. The molecule has 124 valence electrons. The van der Waals surface area contributed by atoms with E-state index in [4.69, 9.17) is 16.3 Å². The first-order chi connectivity index (χ1) is 11.7. The van der Waals surface area contributed by atoms with Gasteiger partial charge in [-0.3, -0.25) is 0 Å². The van der Waals surface area contributed by atoms with E-state index in [1.54, 1.807) is 4.68 Å². The molecule has 0 amide bonds. The quantitative estimate of drug-likeness (QED) is 0.665. The van der Waals surface area contributed by atoms with Gasteiger partial charge in [-0.25, -0.2) is 14.6 Å². The van der Waals surface area contributed by atoms with Crippen molar-refractivity contribution in [1.82, 2.24) is 19.7 Å². The highest BCUT2D eigenvalue weighted by Crippen LogP contribution is 2.20. The van der Waals surface area contributed by atoms with E-state index in [0.29, 0.717) is 29.9 Å². The molecule has 0 saturated carbocycles. The van der Waals surface area contributed by atoms with E-state index >= 15 is 0 Å². The van der Waals surface area contributed by atoms with Crippen LogP contribution in [0.25, 0.3) is 5.69 Å². The first kappa shape index (κ1) is 16.3. The standard InChI is InChI=1S/C17H18ClN5O/c1-13-16(18)17(21-12-20-13)19-9-5-11-24-15-8-10-23(22-15)14-6-3-2-4-7-14/h2-4,6-8,10,12H,5,9,11H2,1H3,(H,19,20,21). The molecule has 0 radical (unpaired) electrons. The minimum atomic E-state index is 0.556. The predicted molar refractivity (Wildman–Crippen MR) is 93.9 cm³/mol. The lowest BCUT2D eigenvalue weighted by molar-refractivity contribution is 0.301. The molecule has 0 aliphatic carbocycles. The van der Waals surface area contributed by atoms with Gasteiger partial charge < -0.3 is 10.1 Å². The van der Waals surface area contributed by atoms with Crippen LogP contribution in [0.3, 0.4) is 0 Å². The van der Waals surface area contributed by atoms with Crippen molar-refractivity contribution in [3.8, 4) is 11.6 Å². The Kier molecular flexibility index (Phi) is 5.28. The molecule has 0 spiro atoms. The summed E-state index contributed by atoms with van der Waals surface area (Å²) < 4.78 is 7.45. The summed E-state index contributed by atoms with van der Waals surface area (Å²) in [4.78, 5) is 8.15. The van der Waals surface area contributed by atoms with Crippen molar-refractivity contribution < 1.29 is 4.74 Å². The van der Waals surface area contributed by atoms with Gasteiger partial charge in [0.15, 0.2) is 0 Å². The van der Waals surface area contributed by atoms with Gasteiger partial charge in [-0.05, 0) is 25.5 Å². The van der Waals surface area contributed by atoms with Crippen molar-refractivity contribution in [2.45, 2.75) is 13.3 Å². The van der Waals surface area contributed by atoms with Crippen LogP contribution in [0, 0.1) is 6.92 Å². The van der Waals surface area contributed by atoms with Gasteiger partial charge in [0, 0.05) is 18.8 Å². The topological polar surface area (TPSA) is 64.9 Å². The van der Waals surface area contributed by atoms with E-state index in [9.17, 15) is 0 Å². The Morgan fingerprint density at radius 2 is 2.00 bits per heavy atom. The van der Waals surface area contributed by atoms with Crippen LogP contribution in [-0.2, 0) is 0 Å². The van der Waals surface area contributed by atoms with Gasteiger partial charge in [0.2, 0.25) is 5.88 Å². The molecule has 0 unspecified atom stereocenters. The Balaban J connectivity index is 1.44. The first-order valence-electron chi connectivity index (χ1n) is 7.69. The maximum Gasteiger partial charge on any atom is 0.233 e. The molecule has 0 aliphatic heterocycles. The van der Waals surface area contributed by atoms with E-state index in [1.165, 1.54) is 6.33 Å². The second-order valence-corrected chi connectivity index (χ2v) is 5.56. The molecular formula is C17H18ClN5O. The molecule has 2 heterocycles. The minimum Gasteiger partial charge on any atom is -0.477 e. The van der Waals surface area contributed by atoms with Crippen molar-refractivity contribution in [1.29, 1.82) is 0 Å². The van der Waals surface area contributed by atoms with Gasteiger partial charge >= 0.3 is 0 Å². The van der Waals surface area contributed by atoms with Gasteiger partial charge in [0.25, 0.3) is 0 Å². The monoisotopic (exact) mass is 343 g/mol. The molecule has 0 atom stereocenters. The maximum absolute atomic E-state index is 6.13. The minimum absolute atomic E-state index is 0.556. The maximum atomic E-state index is 6.13. The number of nitrogens with one attached hydrogen (secondary N) is 1. The Morgan fingerprint density at radius 1 is 1.17 bits per heavy atom. The SMILES string of the molecule is Cc1ncnc(NCCCOc2ccn(-c3ccccc3)n2)c1Cl. The average Bonchev–Trinajstić information content (AvgIpc) is 3.08. The van der Waals surface area contributed by atoms with E-state index in [1.807, 2.05) is 49.5 Å². The van der Waals surface area contributed by atoms with Crippen LogP contribution >= 0.6 is 11.6 Å². The van der Waals surface area contributed by atoms with Crippen LogP contribution in [0.15, 0.2) is 48.9 Å². The number of hydrogen-bond donors (Lipinski definition) is 1. The van der Waals surface area contributed by atoms with Crippen LogP contribution < -0.4 is 10.1 Å². The highest BCUT2D eigenvalue weighted by Gasteiger charge is 2.05. The summed E-state index contributed by atoms with van der Waals surface area (Å²) in [7, 11) is 0. The molecule has 0 fully saturated rings. The van der Waals surface area contributed by atoms with Gasteiger partial charge in [0.05, 0.1) is 18.0 Å². The lowest BCUT2D eigenvalue weighted by Crippen LogP contribution is -2.09. The molecule has 0 saturated heterocycles. The van der Waals surface area contributed by atoms with Crippen molar-refractivity contribution in [2.24, 2.45) is 0 Å². The molecule has 3 rings (SSSR count). The molecule has 1 aromatic carbocycles. The largest absolute Gasteiger partial charge is 0.477 e. The number of para-hydroxylation sites is 1. The van der Waals surface area contributed by atoms with Crippen LogP contribution in [-0.4, -0.2) is 32.9 Å². The number of aryl methyl sites for hydroxylation is 1. The number of benzene rings is 1. The number of nitrogens with zero attached hydrogens (tertiary/aromatic N) is 4. The molecule has 0 aliphatic rings. The number of hydrogen-bond acceptors (Lipinski definition) is 5. The van der Waals surface area contributed by atoms with Crippen molar-refractivity contribution in [2.75, 3.05) is 18.5 Å². The second-order valence-electron chi connectivity index (χ2n) is 5.18. The number of anilines is 1. The number of ether oxygens (including phenoxy) is 1. The normalized spacial score (nSPS) is 10.6. The molecule has 0 bridgehead atoms. The van der Waals surface area contributed by atoms with E-state index in [-0.39, 0.29) is 0 Å². The average molecular weight is 344 g/mol. The summed E-state index contributed by atoms with van der Waals surface area (Å²) in [6.07, 6.45) is 4.18. The summed E-state index contributed by atoms with van der Waals surface area (Å²) in [5.74, 6) is 1.26. The zero-order valence-corrected chi connectivity index (χ0v) is 14.1. The van der Waals surface area contributed by atoms with Crippen molar-refractivity contribution in [3.05, 3.63) is 59.6 Å². The number of halogens is 1. The number of aromatic nitrogens is 4. The first-order valence-corrected chi connectivity index (χ1v) is 8.07. The summed E-state index contributed by atoms with van der Waals surface area (Å²) >= 11 is 6.13. The molecule has 2 aromatic heterocycles. The highest BCUT2D eigenvalue weighted by atomic mass is 35.5. The van der Waals surface area contributed by atoms with E-state index in [2.05, 4.69) is 20.4 Å². The van der Waals surface area contributed by atoms with Gasteiger partial charge in [-0.2, -0.15) is 0 Å². The summed E-state index contributed by atoms with van der Waals surface area (Å²) in [6, 6.07) is 11.8. The molecule has 3 aromatic rings. The zero-order valence-electron chi connectivity index (χ0n) is 13.3. The zero-order chi connectivity index (χ0) is 16.8. The molecule has 7 heteroatoms. The van der Waals surface area contributed by atoms with Crippen LogP contribution in [0.4, 0.5) is 5.82 Å². The lowest BCUT2D eigenvalue weighted by atomic mass is 10.3. The van der Waals surface area contributed by atoms with Crippen LogP contribution in [0.5, 0.6) is 5.88 Å². The summed E-state index contributed by atoms with van der Waals surface area (Å²) in [6.45, 7) is 3.11. The Morgan fingerprint density at radius 3 is 2.83 bits per heavy atom. The smallest absolute Gasteiger partial charge is 0.233 e. The van der Waals surface area contributed by atoms with Crippen LogP contribution in [0.2, 0.25) is 5.02 Å². The third-order valence-electron chi connectivity index (χ3n) is 3.41. The fourth-order valence-electron chi connectivity index (χ4n) is 2.15. The summed E-state index contributed by atoms with van der Waals surface area (Å²) in [5, 5.41) is 8.13. The Labute approximate surface area is 145 Å². The van der Waals surface area contributed by atoms with Crippen LogP contribution in [0.1, 0.15) is 12.1 Å². The fourth-order valence-corrected chi connectivity index (χ4v) is 2.31. The fraction of sp³-hybridized carbons (Fsp3) is 0.235. The second kappa shape index (κ2) is 7.79. The molecular weight excluding hydrogens is 326 g/mol. The third kappa shape index (κ3) is 4.02. The van der Waals surface area contributed by atoms with Crippen molar-refractivity contribution >= 4 is 17.4 Å². The van der Waals surface area contributed by atoms with E-state index < -0.39 is 0 Å². The van der Waals surface area contributed by atoms with Gasteiger partial charge in [0.1, 0.15) is 17.2 Å². The Hall–Kier alpha value is -2.60. The molecule has 1 N–H and O–H groups in total. The van der Waals surface area contributed by atoms with Crippen molar-refractivity contribution in [3.63, 3.8) is 0 Å². The van der Waals surface area contributed by atoms with Gasteiger partial charge in [-0.1, -0.05) is 29.8 Å². The highest BCUT2D eigenvalue weighted by molar-refractivity contribution is 6.33. The third-order valence-corrected chi connectivity index (χ3v) is 3.87. The molecule has 6 nitrogen and oxygen atoms in total. The lowest BCUT2D eigenvalue weighted by Gasteiger charge is -2.08. The van der Waals surface area contributed by atoms with Gasteiger partial charge in [-0.15, -0.1) is 5.10 Å². The Bertz CT molecular complexity index is 791. The predicted octanol–water partition coefficient (Wildman–Crippen LogP) is 3.51.